The van der Waals surface area contributed by atoms with Crippen molar-refractivity contribution in [1.82, 2.24) is 14.5 Å². The van der Waals surface area contributed by atoms with Gasteiger partial charge in [0.25, 0.3) is 5.56 Å². The maximum Gasteiger partial charge on any atom is 0.283 e. The zero-order valence-electron chi connectivity index (χ0n) is 19.8. The summed E-state index contributed by atoms with van der Waals surface area (Å²) >= 11 is 1.19. The summed E-state index contributed by atoms with van der Waals surface area (Å²) in [6.45, 7) is 2.38. The lowest BCUT2D eigenvalue weighted by molar-refractivity contribution is -0.113. The number of rotatable bonds is 8. The number of para-hydroxylation sites is 3. The van der Waals surface area contributed by atoms with Crippen LogP contribution in [-0.2, 0) is 4.79 Å². The van der Waals surface area contributed by atoms with E-state index < -0.39 is 0 Å². The van der Waals surface area contributed by atoms with Crippen LogP contribution in [0.4, 0.5) is 5.69 Å². The first-order valence-corrected chi connectivity index (χ1v) is 12.4. The lowest BCUT2D eigenvalue weighted by Gasteiger charge is -2.13. The fourth-order valence-corrected chi connectivity index (χ4v) is 4.77. The minimum Gasteiger partial charge on any atom is -0.497 e. The van der Waals surface area contributed by atoms with E-state index in [9.17, 15) is 9.59 Å². The summed E-state index contributed by atoms with van der Waals surface area (Å²) in [5, 5.41) is 4.16. The average molecular weight is 501 g/mol. The number of amides is 1. The van der Waals surface area contributed by atoms with Crippen molar-refractivity contribution in [2.45, 2.75) is 12.1 Å². The normalized spacial score (nSPS) is 11.1. The van der Waals surface area contributed by atoms with Gasteiger partial charge in [-0.15, -0.1) is 0 Å². The maximum absolute atomic E-state index is 13.7. The SMILES string of the molecule is CCOc1ccccc1NC(=O)CSc1nc2c([nH]c3ccccc32)c(=O)n1-c1ccc(OC)cc1. The first-order chi connectivity index (χ1) is 17.6. The van der Waals surface area contributed by atoms with E-state index in [1.807, 2.05) is 43.3 Å². The van der Waals surface area contributed by atoms with Crippen molar-refractivity contribution in [3.8, 4) is 17.2 Å². The van der Waals surface area contributed by atoms with Gasteiger partial charge in [0.15, 0.2) is 5.16 Å². The third kappa shape index (κ3) is 4.52. The Labute approximate surface area is 211 Å². The molecule has 2 heterocycles. The van der Waals surface area contributed by atoms with E-state index in [0.29, 0.717) is 45.7 Å². The second kappa shape index (κ2) is 10.2. The highest BCUT2D eigenvalue weighted by Gasteiger charge is 2.18. The molecule has 0 radical (unpaired) electrons. The van der Waals surface area contributed by atoms with Crippen LogP contribution in [0, 0.1) is 0 Å². The van der Waals surface area contributed by atoms with Gasteiger partial charge in [0, 0.05) is 10.9 Å². The van der Waals surface area contributed by atoms with Crippen LogP contribution in [0.1, 0.15) is 6.92 Å². The Morgan fingerprint density at radius 3 is 2.58 bits per heavy atom. The molecule has 9 heteroatoms. The van der Waals surface area contributed by atoms with Gasteiger partial charge in [-0.2, -0.15) is 0 Å². The van der Waals surface area contributed by atoms with Gasteiger partial charge in [-0.05, 0) is 49.4 Å². The molecule has 0 aliphatic heterocycles. The molecule has 0 atom stereocenters. The number of nitrogens with one attached hydrogen (secondary N) is 2. The van der Waals surface area contributed by atoms with Crippen LogP contribution in [-0.4, -0.2) is 39.9 Å². The van der Waals surface area contributed by atoms with E-state index in [0.717, 1.165) is 10.9 Å². The van der Waals surface area contributed by atoms with Crippen LogP contribution in [0.15, 0.2) is 82.7 Å². The number of carbonyl (C=O) groups is 1. The van der Waals surface area contributed by atoms with E-state index in [4.69, 9.17) is 14.5 Å². The quantitative estimate of drug-likeness (QED) is 0.230. The molecule has 1 amide bonds. The Morgan fingerprint density at radius 2 is 1.81 bits per heavy atom. The first kappa shape index (κ1) is 23.5. The standard InChI is InChI=1S/C27H24N4O4S/c1-3-35-22-11-7-6-10-21(22)28-23(32)16-36-27-30-24-19-8-4-5-9-20(19)29-25(24)26(33)31(27)17-12-14-18(34-2)15-13-17/h4-15,29H,3,16H2,1-2H3,(H,28,32). The molecule has 36 heavy (non-hydrogen) atoms. The van der Waals surface area contributed by atoms with Crippen molar-refractivity contribution >= 4 is 45.3 Å². The van der Waals surface area contributed by atoms with E-state index in [1.165, 1.54) is 16.3 Å². The minimum absolute atomic E-state index is 0.0525. The molecule has 0 aliphatic rings. The average Bonchev–Trinajstić information content (AvgIpc) is 3.28. The molecule has 0 bridgehead atoms. The van der Waals surface area contributed by atoms with Gasteiger partial charge in [0.1, 0.15) is 22.5 Å². The number of anilines is 1. The Kier molecular flexibility index (Phi) is 6.64. The molecule has 0 spiro atoms. The van der Waals surface area contributed by atoms with Gasteiger partial charge in [-0.3, -0.25) is 14.2 Å². The van der Waals surface area contributed by atoms with E-state index in [2.05, 4.69) is 10.3 Å². The summed E-state index contributed by atoms with van der Waals surface area (Å²) in [5.74, 6) is 1.10. The van der Waals surface area contributed by atoms with Gasteiger partial charge in [0.05, 0.1) is 30.8 Å². The van der Waals surface area contributed by atoms with Crippen molar-refractivity contribution in [3.63, 3.8) is 0 Å². The summed E-state index contributed by atoms with van der Waals surface area (Å²) in [5.41, 5.74) is 2.78. The molecule has 0 fully saturated rings. The number of thioether (sulfide) groups is 1. The molecule has 182 valence electrons. The second-order valence-electron chi connectivity index (χ2n) is 7.89. The van der Waals surface area contributed by atoms with Crippen LogP contribution >= 0.6 is 11.8 Å². The number of hydrogen-bond donors (Lipinski definition) is 2. The van der Waals surface area contributed by atoms with Crippen molar-refractivity contribution in [1.29, 1.82) is 0 Å². The van der Waals surface area contributed by atoms with Gasteiger partial charge >= 0.3 is 0 Å². The number of fused-ring (bicyclic) bond motifs is 3. The molecule has 5 rings (SSSR count). The molecule has 2 aromatic heterocycles. The van der Waals surface area contributed by atoms with Crippen molar-refractivity contribution in [2.75, 3.05) is 24.8 Å². The fourth-order valence-electron chi connectivity index (χ4n) is 3.97. The van der Waals surface area contributed by atoms with Crippen LogP contribution < -0.4 is 20.3 Å². The summed E-state index contributed by atoms with van der Waals surface area (Å²) in [7, 11) is 1.59. The zero-order chi connectivity index (χ0) is 25.1. The summed E-state index contributed by atoms with van der Waals surface area (Å²) in [4.78, 5) is 34.5. The lowest BCUT2D eigenvalue weighted by Crippen LogP contribution is -2.23. The number of hydrogen-bond acceptors (Lipinski definition) is 6. The number of benzene rings is 3. The van der Waals surface area contributed by atoms with Crippen molar-refractivity contribution in [2.24, 2.45) is 0 Å². The van der Waals surface area contributed by atoms with Crippen LogP contribution in [0.3, 0.4) is 0 Å². The van der Waals surface area contributed by atoms with E-state index in [1.54, 1.807) is 43.5 Å². The van der Waals surface area contributed by atoms with Gasteiger partial charge in [0.2, 0.25) is 5.91 Å². The first-order valence-electron chi connectivity index (χ1n) is 11.4. The van der Waals surface area contributed by atoms with E-state index in [-0.39, 0.29) is 17.2 Å². The molecule has 5 aromatic rings. The molecule has 0 unspecified atom stereocenters. The fraction of sp³-hybridized carbons (Fsp3) is 0.148. The lowest BCUT2D eigenvalue weighted by atomic mass is 10.2. The van der Waals surface area contributed by atoms with Gasteiger partial charge < -0.3 is 19.8 Å². The number of H-pyrrole nitrogens is 1. The number of methoxy groups -OCH3 is 1. The predicted octanol–water partition coefficient (Wildman–Crippen LogP) is 5.01. The van der Waals surface area contributed by atoms with E-state index >= 15 is 0 Å². The molecule has 0 saturated carbocycles. The predicted molar refractivity (Wildman–Crippen MR) is 143 cm³/mol. The summed E-state index contributed by atoms with van der Waals surface area (Å²) < 4.78 is 12.4. The monoisotopic (exact) mass is 500 g/mol. The molecule has 8 nitrogen and oxygen atoms in total. The summed E-state index contributed by atoms with van der Waals surface area (Å²) in [6.07, 6.45) is 0. The number of aromatic amines is 1. The smallest absolute Gasteiger partial charge is 0.283 e. The maximum atomic E-state index is 13.7. The largest absolute Gasteiger partial charge is 0.497 e. The molecule has 2 N–H and O–H groups in total. The molecular formula is C27H24N4O4S. The Morgan fingerprint density at radius 1 is 1.06 bits per heavy atom. The number of ether oxygens (including phenoxy) is 2. The van der Waals surface area contributed by atoms with Crippen molar-refractivity contribution in [3.05, 3.63) is 83.2 Å². The highest BCUT2D eigenvalue weighted by molar-refractivity contribution is 7.99. The zero-order valence-corrected chi connectivity index (χ0v) is 20.6. The third-order valence-corrected chi connectivity index (χ3v) is 6.56. The van der Waals surface area contributed by atoms with Crippen LogP contribution in [0.25, 0.3) is 27.6 Å². The molecule has 0 aliphatic carbocycles. The topological polar surface area (TPSA) is 98.2 Å². The number of aromatic nitrogens is 3. The number of nitrogens with zero attached hydrogens (tertiary/aromatic N) is 2. The van der Waals surface area contributed by atoms with Gasteiger partial charge in [-0.1, -0.05) is 42.1 Å². The third-order valence-electron chi connectivity index (χ3n) is 5.62. The molecule has 0 saturated heterocycles. The highest BCUT2D eigenvalue weighted by Crippen LogP contribution is 2.28. The Hall–Kier alpha value is -4.24. The van der Waals surface area contributed by atoms with Crippen molar-refractivity contribution < 1.29 is 14.3 Å². The molecular weight excluding hydrogens is 476 g/mol. The Bertz CT molecular complexity index is 1610. The summed E-state index contributed by atoms with van der Waals surface area (Å²) in [6, 6.07) is 22.1. The second-order valence-corrected chi connectivity index (χ2v) is 8.84. The van der Waals surface area contributed by atoms with Crippen LogP contribution in [0.5, 0.6) is 11.5 Å². The minimum atomic E-state index is -0.244. The number of carbonyl (C=O) groups excluding carboxylic acids is 1. The van der Waals surface area contributed by atoms with Gasteiger partial charge in [-0.25, -0.2) is 4.98 Å². The highest BCUT2D eigenvalue weighted by atomic mass is 32.2. The Balaban J connectivity index is 1.52. The van der Waals surface area contributed by atoms with Crippen LogP contribution in [0.2, 0.25) is 0 Å². The molecule has 3 aromatic carbocycles.